The molecule has 5 aromatic rings. The SMILES string of the molecule is CC1(C)CCC(CN2CCN(c3ccc(C(=O)NS(=O)(=O)c4ccc(NC5CCC(NC6CC6(F)F)CC5)c([N+](=O)[O-])c4)c(Oc4cnc5[nH]ccc5c4)c3)CC2)=C(c2ccc(Cl)cc2)C1. The standard InChI is InChI=1S/C48H53ClF2N8O6S/c1-47(2)17-15-32(40(26-47)30-3-5-33(49)6-4-30)29-57-19-21-58(22-20-57)36-11-13-39(43(24-36)65-37-23-31-16-18-52-45(31)53-28-37)46(60)56-66(63,64)38-12-14-41(42(25-38)59(61)62)54-34-7-9-35(10-8-34)55-44-27-48(44,50)51/h3-6,11-14,16,18,23-25,28,34-35,44,54-55H,7-10,15,17,19-22,26-27,29H2,1-2H3,(H,52,53)(H,56,60). The van der Waals surface area contributed by atoms with Gasteiger partial charge in [-0.15, -0.1) is 0 Å². The van der Waals surface area contributed by atoms with Crippen molar-refractivity contribution >= 4 is 61.2 Å². The van der Waals surface area contributed by atoms with Gasteiger partial charge in [0, 0.05) is 85.7 Å². The second-order valence-corrected chi connectivity index (χ2v) is 20.9. The van der Waals surface area contributed by atoms with Gasteiger partial charge in [0.05, 0.1) is 27.6 Å². The number of rotatable bonds is 14. The van der Waals surface area contributed by atoms with Crippen LogP contribution in [-0.4, -0.2) is 90.9 Å². The first kappa shape index (κ1) is 45.5. The number of halogens is 3. The van der Waals surface area contributed by atoms with Gasteiger partial charge in [-0.05, 0) is 110 Å². The average Bonchev–Trinajstić information content (AvgIpc) is 3.62. The number of anilines is 2. The number of ether oxygens (including phenoxy) is 1. The Bertz CT molecular complexity index is 2790. The molecule has 4 aliphatic rings. The first-order valence-electron chi connectivity index (χ1n) is 22.4. The second kappa shape index (κ2) is 18.2. The second-order valence-electron chi connectivity index (χ2n) is 18.8. The highest BCUT2D eigenvalue weighted by Crippen LogP contribution is 2.44. The Morgan fingerprint density at radius 2 is 1.71 bits per heavy atom. The molecule has 3 heterocycles. The predicted molar refractivity (Wildman–Crippen MR) is 251 cm³/mol. The van der Waals surface area contributed by atoms with Gasteiger partial charge in [-0.25, -0.2) is 26.9 Å². The van der Waals surface area contributed by atoms with E-state index in [0.29, 0.717) is 50.2 Å². The molecule has 1 aliphatic heterocycles. The summed E-state index contributed by atoms with van der Waals surface area (Å²) in [5.41, 5.74) is 5.28. The van der Waals surface area contributed by atoms with E-state index in [4.69, 9.17) is 16.3 Å². The van der Waals surface area contributed by atoms with Gasteiger partial charge in [-0.3, -0.25) is 19.8 Å². The van der Waals surface area contributed by atoms with E-state index in [1.54, 1.807) is 24.4 Å². The molecule has 1 unspecified atom stereocenters. The molecule has 66 heavy (non-hydrogen) atoms. The molecule has 14 nitrogen and oxygen atoms in total. The Labute approximate surface area is 387 Å². The maximum Gasteiger partial charge on any atom is 0.293 e. The van der Waals surface area contributed by atoms with Crippen LogP contribution in [0.3, 0.4) is 0 Å². The van der Waals surface area contributed by atoms with Crippen LogP contribution in [0.15, 0.2) is 95.7 Å². The Balaban J connectivity index is 0.901. The topological polar surface area (TPSA) is 175 Å². The highest BCUT2D eigenvalue weighted by molar-refractivity contribution is 7.90. The number of H-pyrrole nitrogens is 1. The van der Waals surface area contributed by atoms with Gasteiger partial charge in [0.1, 0.15) is 22.8 Å². The molecule has 1 saturated heterocycles. The lowest BCUT2D eigenvalue weighted by atomic mass is 9.72. The molecule has 0 spiro atoms. The smallest absolute Gasteiger partial charge is 0.293 e. The van der Waals surface area contributed by atoms with Crippen molar-refractivity contribution in [1.82, 2.24) is 24.9 Å². The van der Waals surface area contributed by atoms with Crippen LogP contribution >= 0.6 is 11.6 Å². The molecular formula is C48H53ClF2N8O6S. The molecular weight excluding hydrogens is 890 g/mol. The molecule has 18 heteroatoms. The molecule has 348 valence electrons. The fraction of sp³-hybridized carbons (Fsp3) is 0.417. The number of amides is 1. The quantitative estimate of drug-likeness (QED) is 0.0617. The number of hydrogen-bond donors (Lipinski definition) is 4. The third-order valence-electron chi connectivity index (χ3n) is 13.4. The molecule has 1 atom stereocenters. The first-order chi connectivity index (χ1) is 31.5. The van der Waals surface area contributed by atoms with Crippen LogP contribution in [-0.2, 0) is 10.0 Å². The molecule has 0 bridgehead atoms. The predicted octanol–water partition coefficient (Wildman–Crippen LogP) is 9.54. The lowest BCUT2D eigenvalue weighted by molar-refractivity contribution is -0.384. The monoisotopic (exact) mass is 942 g/mol. The van der Waals surface area contributed by atoms with Crippen molar-refractivity contribution in [2.24, 2.45) is 5.41 Å². The van der Waals surface area contributed by atoms with E-state index in [-0.39, 0.29) is 40.9 Å². The number of aromatic amines is 1. The zero-order chi connectivity index (χ0) is 46.4. The summed E-state index contributed by atoms with van der Waals surface area (Å²) >= 11 is 6.24. The minimum atomic E-state index is -4.63. The maximum absolute atomic E-state index is 14.0. The van der Waals surface area contributed by atoms with Crippen molar-refractivity contribution in [2.75, 3.05) is 42.9 Å². The molecule has 3 aliphatic carbocycles. The van der Waals surface area contributed by atoms with Gasteiger partial charge < -0.3 is 25.3 Å². The number of benzene rings is 3. The highest BCUT2D eigenvalue weighted by atomic mass is 35.5. The van der Waals surface area contributed by atoms with E-state index in [1.807, 2.05) is 18.2 Å². The average molecular weight is 944 g/mol. The van der Waals surface area contributed by atoms with Crippen molar-refractivity contribution in [2.45, 2.75) is 94.2 Å². The van der Waals surface area contributed by atoms with Crippen LogP contribution in [0.4, 0.5) is 25.8 Å². The van der Waals surface area contributed by atoms with E-state index in [2.05, 4.69) is 61.1 Å². The number of allylic oxidation sites excluding steroid dienone is 1. The van der Waals surface area contributed by atoms with Gasteiger partial charge in [0.25, 0.3) is 27.5 Å². The molecule has 2 aromatic heterocycles. The Morgan fingerprint density at radius 1 is 0.985 bits per heavy atom. The summed E-state index contributed by atoms with van der Waals surface area (Å²) in [6, 6.07) is 19.1. The summed E-state index contributed by atoms with van der Waals surface area (Å²) in [7, 11) is -4.63. The number of alkyl halides is 2. The zero-order valence-electron chi connectivity index (χ0n) is 36.8. The Morgan fingerprint density at radius 3 is 2.42 bits per heavy atom. The summed E-state index contributed by atoms with van der Waals surface area (Å²) in [5, 5.41) is 19.9. The summed E-state index contributed by atoms with van der Waals surface area (Å²) in [6.07, 6.45) is 8.64. The number of aromatic nitrogens is 2. The van der Waals surface area contributed by atoms with Crippen LogP contribution in [0.1, 0.15) is 81.1 Å². The summed E-state index contributed by atoms with van der Waals surface area (Å²) in [6.45, 7) is 8.52. The van der Waals surface area contributed by atoms with E-state index < -0.39 is 43.4 Å². The zero-order valence-corrected chi connectivity index (χ0v) is 38.4. The van der Waals surface area contributed by atoms with Crippen LogP contribution in [0.25, 0.3) is 16.6 Å². The van der Waals surface area contributed by atoms with E-state index >= 15 is 0 Å². The van der Waals surface area contributed by atoms with Gasteiger partial charge in [0.15, 0.2) is 0 Å². The van der Waals surface area contributed by atoms with Gasteiger partial charge in [-0.2, -0.15) is 0 Å². The van der Waals surface area contributed by atoms with Crippen LogP contribution < -0.4 is 25.0 Å². The van der Waals surface area contributed by atoms with Crippen LogP contribution in [0.5, 0.6) is 11.5 Å². The number of carbonyl (C=O) groups excluding carboxylic acids is 1. The largest absolute Gasteiger partial charge is 0.455 e. The highest BCUT2D eigenvalue weighted by Gasteiger charge is 2.57. The van der Waals surface area contributed by atoms with Gasteiger partial charge in [0.2, 0.25) is 0 Å². The number of nitrogens with zero attached hydrogens (tertiary/aromatic N) is 4. The first-order valence-corrected chi connectivity index (χ1v) is 24.3. The minimum Gasteiger partial charge on any atom is -0.455 e. The van der Waals surface area contributed by atoms with Crippen molar-refractivity contribution in [3.63, 3.8) is 0 Å². The number of hydrogen-bond acceptors (Lipinski definition) is 11. The number of pyridine rings is 1. The van der Waals surface area contributed by atoms with Gasteiger partial charge in [-0.1, -0.05) is 43.2 Å². The molecule has 3 fully saturated rings. The lowest BCUT2D eigenvalue weighted by Crippen LogP contribution is -2.47. The summed E-state index contributed by atoms with van der Waals surface area (Å²) in [5.74, 6) is -3.23. The van der Waals surface area contributed by atoms with Crippen molar-refractivity contribution < 1.29 is 31.7 Å². The molecule has 3 aromatic carbocycles. The molecule has 9 rings (SSSR count). The third kappa shape index (κ3) is 10.3. The maximum atomic E-state index is 14.0. The fourth-order valence-corrected chi connectivity index (χ4v) is 10.6. The van der Waals surface area contributed by atoms with E-state index in [0.717, 1.165) is 61.1 Å². The number of nitro groups is 1. The third-order valence-corrected chi connectivity index (χ3v) is 15.0. The number of piperazine rings is 1. The molecule has 1 amide bonds. The van der Waals surface area contributed by atoms with Crippen LogP contribution in [0.2, 0.25) is 5.02 Å². The van der Waals surface area contributed by atoms with E-state index in [9.17, 15) is 32.1 Å². The number of nitrogens with one attached hydrogen (secondary N) is 4. The summed E-state index contributed by atoms with van der Waals surface area (Å²) < 4.78 is 62.8. The summed E-state index contributed by atoms with van der Waals surface area (Å²) in [4.78, 5) is 37.2. The van der Waals surface area contributed by atoms with Gasteiger partial charge >= 0.3 is 0 Å². The normalized spacial score (nSPS) is 22.0. The fourth-order valence-electron chi connectivity index (χ4n) is 9.47. The molecule has 2 saturated carbocycles. The Kier molecular flexibility index (Phi) is 12.6. The van der Waals surface area contributed by atoms with Crippen LogP contribution in [0, 0.1) is 15.5 Å². The lowest BCUT2D eigenvalue weighted by Gasteiger charge is -2.39. The number of fused-ring (bicyclic) bond motifs is 1. The van der Waals surface area contributed by atoms with Crippen molar-refractivity contribution in [3.8, 4) is 11.5 Å². The number of sulfonamides is 1. The molecule has 4 N–H and O–H groups in total. The minimum absolute atomic E-state index is 0.0663. The van der Waals surface area contributed by atoms with Crippen molar-refractivity contribution in [1.29, 1.82) is 0 Å². The number of nitro benzene ring substituents is 1. The Hall–Kier alpha value is -5.62. The number of carbonyl (C=O) groups is 1. The van der Waals surface area contributed by atoms with E-state index in [1.165, 1.54) is 41.1 Å². The van der Waals surface area contributed by atoms with Crippen molar-refractivity contribution in [3.05, 3.63) is 117 Å². The molecule has 0 radical (unpaired) electrons.